The number of aryl methyl sites for hydroxylation is 2. The van der Waals surface area contributed by atoms with Gasteiger partial charge in [0, 0.05) is 17.8 Å². The summed E-state index contributed by atoms with van der Waals surface area (Å²) in [5.74, 6) is -0.490. The molecule has 4 nitrogen and oxygen atoms in total. The van der Waals surface area contributed by atoms with Gasteiger partial charge < -0.3 is 10.4 Å². The predicted molar refractivity (Wildman–Crippen MR) is 76.8 cm³/mol. The van der Waals surface area contributed by atoms with Crippen LogP contribution in [0, 0.1) is 19.8 Å². The van der Waals surface area contributed by atoms with Crippen molar-refractivity contribution in [1.82, 2.24) is 5.32 Å². The number of aliphatic carboxylic acids is 1. The maximum atomic E-state index is 11.9. The Morgan fingerprint density at radius 1 is 1.37 bits per heavy atom. The van der Waals surface area contributed by atoms with Crippen molar-refractivity contribution in [2.24, 2.45) is 5.92 Å². The minimum atomic E-state index is -0.763. The number of hydrogen-bond donors (Lipinski definition) is 2. The van der Waals surface area contributed by atoms with Crippen LogP contribution in [0.3, 0.4) is 0 Å². The average Bonchev–Trinajstić information content (AvgIpc) is 2.67. The quantitative estimate of drug-likeness (QED) is 0.808. The highest BCUT2D eigenvalue weighted by Gasteiger charge is 2.11. The Morgan fingerprint density at radius 2 is 2.05 bits per heavy atom. The molecule has 0 fully saturated rings. The van der Waals surface area contributed by atoms with Crippen molar-refractivity contribution in [3.63, 3.8) is 0 Å². The summed E-state index contributed by atoms with van der Waals surface area (Å²) in [6.07, 6.45) is 1.66. The molecule has 1 atom stereocenters. The SMILES string of the molecule is Cc1cc(C(=O)NCCC(C)CCC(=O)O)sc1C. The lowest BCUT2D eigenvalue weighted by molar-refractivity contribution is -0.137. The summed E-state index contributed by atoms with van der Waals surface area (Å²) in [4.78, 5) is 24.2. The highest BCUT2D eigenvalue weighted by atomic mass is 32.1. The Kier molecular flexibility index (Phi) is 6.02. The minimum Gasteiger partial charge on any atom is -0.481 e. The lowest BCUT2D eigenvalue weighted by Gasteiger charge is -2.10. The Morgan fingerprint density at radius 3 is 2.58 bits per heavy atom. The van der Waals surface area contributed by atoms with Gasteiger partial charge in [0.1, 0.15) is 0 Å². The number of carbonyl (C=O) groups excluding carboxylic acids is 1. The van der Waals surface area contributed by atoms with Crippen molar-refractivity contribution in [3.8, 4) is 0 Å². The van der Waals surface area contributed by atoms with Crippen LogP contribution < -0.4 is 5.32 Å². The van der Waals surface area contributed by atoms with E-state index in [1.54, 1.807) is 0 Å². The van der Waals surface area contributed by atoms with E-state index >= 15 is 0 Å². The normalized spacial score (nSPS) is 12.2. The van der Waals surface area contributed by atoms with Gasteiger partial charge in [-0.3, -0.25) is 9.59 Å². The number of hydrogen-bond acceptors (Lipinski definition) is 3. The van der Waals surface area contributed by atoms with Crippen LogP contribution in [-0.4, -0.2) is 23.5 Å². The first-order valence-electron chi connectivity index (χ1n) is 6.47. The van der Waals surface area contributed by atoms with Crippen molar-refractivity contribution in [1.29, 1.82) is 0 Å². The number of carboxylic acids is 1. The summed E-state index contributed by atoms with van der Waals surface area (Å²) in [6, 6.07) is 1.91. The molecule has 0 spiro atoms. The van der Waals surface area contributed by atoms with Crippen molar-refractivity contribution >= 4 is 23.2 Å². The predicted octanol–water partition coefficient (Wildman–Crippen LogP) is 2.99. The highest BCUT2D eigenvalue weighted by molar-refractivity contribution is 7.14. The molecule has 1 unspecified atom stereocenters. The molecular formula is C14H21NO3S. The molecule has 2 N–H and O–H groups in total. The number of carboxylic acid groups (broad SMARTS) is 1. The van der Waals surface area contributed by atoms with E-state index in [1.165, 1.54) is 16.2 Å². The van der Waals surface area contributed by atoms with Gasteiger partial charge in [-0.25, -0.2) is 0 Å². The number of rotatable bonds is 7. The average molecular weight is 283 g/mol. The van der Waals surface area contributed by atoms with Crippen LogP contribution in [0.5, 0.6) is 0 Å². The maximum Gasteiger partial charge on any atom is 0.303 e. The van der Waals surface area contributed by atoms with Crippen LogP contribution in [-0.2, 0) is 4.79 Å². The highest BCUT2D eigenvalue weighted by Crippen LogP contribution is 2.20. The molecule has 1 aromatic heterocycles. The third-order valence-electron chi connectivity index (χ3n) is 3.16. The van der Waals surface area contributed by atoms with E-state index in [0.717, 1.165) is 16.9 Å². The molecule has 19 heavy (non-hydrogen) atoms. The first-order valence-corrected chi connectivity index (χ1v) is 7.28. The summed E-state index contributed by atoms with van der Waals surface area (Å²) >= 11 is 1.51. The van der Waals surface area contributed by atoms with E-state index in [2.05, 4.69) is 5.32 Å². The van der Waals surface area contributed by atoms with Crippen LogP contribution in [0.2, 0.25) is 0 Å². The monoisotopic (exact) mass is 283 g/mol. The molecule has 1 aromatic rings. The van der Waals surface area contributed by atoms with E-state index in [0.29, 0.717) is 18.9 Å². The molecular weight excluding hydrogens is 262 g/mol. The lowest BCUT2D eigenvalue weighted by atomic mass is 10.0. The first-order chi connectivity index (χ1) is 8.90. The standard InChI is InChI=1S/C14H21NO3S/c1-9(4-5-13(16)17)6-7-15-14(18)12-8-10(2)11(3)19-12/h8-9H,4-7H2,1-3H3,(H,15,18)(H,16,17). The second-order valence-electron chi connectivity index (χ2n) is 4.93. The third-order valence-corrected chi connectivity index (χ3v) is 4.31. The largest absolute Gasteiger partial charge is 0.481 e. The molecule has 0 aromatic carbocycles. The van der Waals surface area contributed by atoms with E-state index in [9.17, 15) is 9.59 Å². The minimum absolute atomic E-state index is 0.0355. The summed E-state index contributed by atoms with van der Waals surface area (Å²) in [5.41, 5.74) is 1.14. The fourth-order valence-electron chi connectivity index (χ4n) is 1.72. The van der Waals surface area contributed by atoms with Gasteiger partial charge >= 0.3 is 5.97 Å². The molecule has 0 aliphatic carbocycles. The number of thiophene rings is 1. The second kappa shape index (κ2) is 7.28. The number of carbonyl (C=O) groups is 2. The first kappa shape index (κ1) is 15.7. The zero-order valence-corrected chi connectivity index (χ0v) is 12.5. The Balaban J connectivity index is 2.29. The summed E-state index contributed by atoms with van der Waals surface area (Å²) < 4.78 is 0. The summed E-state index contributed by atoms with van der Waals surface area (Å²) in [5, 5.41) is 11.5. The van der Waals surface area contributed by atoms with Gasteiger partial charge in [0.15, 0.2) is 0 Å². The lowest BCUT2D eigenvalue weighted by Crippen LogP contribution is -2.24. The van der Waals surface area contributed by atoms with Crippen molar-refractivity contribution < 1.29 is 14.7 Å². The second-order valence-corrected chi connectivity index (χ2v) is 6.19. The summed E-state index contributed by atoms with van der Waals surface area (Å²) in [7, 11) is 0. The van der Waals surface area contributed by atoms with Crippen LogP contribution in [0.25, 0.3) is 0 Å². The maximum absolute atomic E-state index is 11.9. The van der Waals surface area contributed by atoms with Crippen LogP contribution in [0.1, 0.15) is 46.3 Å². The Hall–Kier alpha value is -1.36. The van der Waals surface area contributed by atoms with E-state index in [-0.39, 0.29) is 12.3 Å². The molecule has 1 rings (SSSR count). The fraction of sp³-hybridized carbons (Fsp3) is 0.571. The molecule has 1 amide bonds. The molecule has 0 saturated carbocycles. The molecule has 0 aliphatic heterocycles. The molecule has 0 saturated heterocycles. The Labute approximate surface area is 117 Å². The van der Waals surface area contributed by atoms with Crippen molar-refractivity contribution in [3.05, 3.63) is 21.4 Å². The molecule has 5 heteroatoms. The molecule has 1 heterocycles. The zero-order chi connectivity index (χ0) is 14.4. The van der Waals surface area contributed by atoms with Gasteiger partial charge in [-0.05, 0) is 44.2 Å². The van der Waals surface area contributed by atoms with Gasteiger partial charge in [-0.15, -0.1) is 11.3 Å². The van der Waals surface area contributed by atoms with Gasteiger partial charge in [-0.1, -0.05) is 6.92 Å². The topological polar surface area (TPSA) is 66.4 Å². The fourth-order valence-corrected chi connectivity index (χ4v) is 2.67. The third kappa shape index (κ3) is 5.42. The van der Waals surface area contributed by atoms with E-state index < -0.39 is 5.97 Å². The van der Waals surface area contributed by atoms with Crippen LogP contribution in [0.4, 0.5) is 0 Å². The van der Waals surface area contributed by atoms with E-state index in [4.69, 9.17) is 5.11 Å². The smallest absolute Gasteiger partial charge is 0.303 e. The molecule has 0 bridgehead atoms. The van der Waals surface area contributed by atoms with Crippen LogP contribution >= 0.6 is 11.3 Å². The molecule has 106 valence electrons. The van der Waals surface area contributed by atoms with Gasteiger partial charge in [0.25, 0.3) is 5.91 Å². The van der Waals surface area contributed by atoms with Crippen molar-refractivity contribution in [2.75, 3.05) is 6.54 Å². The number of amides is 1. The molecule has 0 radical (unpaired) electrons. The summed E-state index contributed by atoms with van der Waals surface area (Å²) in [6.45, 7) is 6.60. The van der Waals surface area contributed by atoms with Gasteiger partial charge in [-0.2, -0.15) is 0 Å². The van der Waals surface area contributed by atoms with Gasteiger partial charge in [0.05, 0.1) is 4.88 Å². The number of nitrogens with one attached hydrogen (secondary N) is 1. The van der Waals surface area contributed by atoms with Gasteiger partial charge in [0.2, 0.25) is 0 Å². The van der Waals surface area contributed by atoms with Crippen molar-refractivity contribution in [2.45, 2.75) is 40.0 Å². The van der Waals surface area contributed by atoms with E-state index in [1.807, 2.05) is 26.8 Å². The molecule has 0 aliphatic rings. The van der Waals surface area contributed by atoms with Crippen LogP contribution in [0.15, 0.2) is 6.07 Å². The Bertz CT molecular complexity index is 434. The zero-order valence-electron chi connectivity index (χ0n) is 11.7.